The fourth-order valence-corrected chi connectivity index (χ4v) is 1.31. The van der Waals surface area contributed by atoms with Crippen LogP contribution in [-0.2, 0) is 0 Å². The van der Waals surface area contributed by atoms with Crippen molar-refractivity contribution in [3.05, 3.63) is 0 Å². The Kier molecular flexibility index (Phi) is 13.5. The molecule has 0 aromatic rings. The molecule has 6 nitrogen and oxygen atoms in total. The lowest BCUT2D eigenvalue weighted by molar-refractivity contribution is 0.241. The molecule has 6 heteroatoms. The minimum atomic E-state index is -0.221. The summed E-state index contributed by atoms with van der Waals surface area (Å²) in [5.41, 5.74) is 0. The van der Waals surface area contributed by atoms with Crippen LogP contribution in [0.1, 0.15) is 39.5 Å². The van der Waals surface area contributed by atoms with Gasteiger partial charge in [-0.15, -0.1) is 0 Å². The molecule has 0 aromatic heterocycles. The lowest BCUT2D eigenvalue weighted by atomic mass is 10.3. The Hall–Kier alpha value is -2.34. The SMILES string of the molecule is CCCCNC(=O)NCC#CC#CCNC(=O)NCCCC. The third kappa shape index (κ3) is 14.1. The summed E-state index contributed by atoms with van der Waals surface area (Å²) >= 11 is 0. The normalized spacial score (nSPS) is 8.64. The van der Waals surface area contributed by atoms with Crippen molar-refractivity contribution in [2.45, 2.75) is 39.5 Å². The third-order valence-corrected chi connectivity index (χ3v) is 2.55. The standard InChI is InChI=1S/C16H26N4O2/c1-3-5-11-17-15(21)19-13-9-7-8-10-14-20-16(22)18-12-6-4-2/h3-6,11-14H2,1-2H3,(H2,17,19,21)(H2,18,20,22). The number of carbonyl (C=O) groups is 2. The van der Waals surface area contributed by atoms with E-state index < -0.39 is 0 Å². The van der Waals surface area contributed by atoms with Gasteiger partial charge in [0.2, 0.25) is 0 Å². The molecule has 0 spiro atoms. The van der Waals surface area contributed by atoms with Crippen molar-refractivity contribution in [2.75, 3.05) is 26.2 Å². The lowest BCUT2D eigenvalue weighted by Crippen LogP contribution is -2.36. The highest BCUT2D eigenvalue weighted by Crippen LogP contribution is 1.82. The monoisotopic (exact) mass is 306 g/mol. The number of urea groups is 2. The molecule has 22 heavy (non-hydrogen) atoms. The maximum atomic E-state index is 11.3. The Morgan fingerprint density at radius 2 is 1.14 bits per heavy atom. The molecule has 0 bridgehead atoms. The van der Waals surface area contributed by atoms with E-state index in [-0.39, 0.29) is 25.2 Å². The first-order valence-electron chi connectivity index (χ1n) is 7.69. The molecule has 0 unspecified atom stereocenters. The minimum absolute atomic E-state index is 0.221. The summed E-state index contributed by atoms with van der Waals surface area (Å²) in [7, 11) is 0. The molecule has 4 amide bonds. The predicted molar refractivity (Wildman–Crippen MR) is 88.2 cm³/mol. The average Bonchev–Trinajstić information content (AvgIpc) is 2.50. The number of hydrogen-bond acceptors (Lipinski definition) is 2. The number of nitrogens with one attached hydrogen (secondary N) is 4. The van der Waals surface area contributed by atoms with Gasteiger partial charge in [0.15, 0.2) is 0 Å². The summed E-state index contributed by atoms with van der Waals surface area (Å²) in [6.07, 6.45) is 4.01. The highest BCUT2D eigenvalue weighted by molar-refractivity contribution is 5.74. The molecule has 0 saturated carbocycles. The van der Waals surface area contributed by atoms with Gasteiger partial charge in [0.25, 0.3) is 0 Å². The Morgan fingerprint density at radius 1 is 0.727 bits per heavy atom. The van der Waals surface area contributed by atoms with Crippen molar-refractivity contribution in [2.24, 2.45) is 0 Å². The van der Waals surface area contributed by atoms with Crippen LogP contribution in [0.2, 0.25) is 0 Å². The molecule has 0 rings (SSSR count). The van der Waals surface area contributed by atoms with Crippen molar-refractivity contribution in [1.82, 2.24) is 21.3 Å². The van der Waals surface area contributed by atoms with Crippen molar-refractivity contribution in [3.63, 3.8) is 0 Å². The smallest absolute Gasteiger partial charge is 0.315 e. The van der Waals surface area contributed by atoms with E-state index in [0.717, 1.165) is 25.7 Å². The Balaban J connectivity index is 3.62. The molecular weight excluding hydrogens is 280 g/mol. The molecular formula is C16H26N4O2. The fraction of sp³-hybridized carbons (Fsp3) is 0.625. The summed E-state index contributed by atoms with van der Waals surface area (Å²) in [5.74, 6) is 10.6. The van der Waals surface area contributed by atoms with Crippen molar-refractivity contribution < 1.29 is 9.59 Å². The second kappa shape index (κ2) is 15.1. The van der Waals surface area contributed by atoms with Gasteiger partial charge >= 0.3 is 12.1 Å². The number of hydrogen-bond donors (Lipinski definition) is 4. The second-order valence-corrected chi connectivity index (χ2v) is 4.53. The van der Waals surface area contributed by atoms with Gasteiger partial charge in [-0.2, -0.15) is 0 Å². The molecule has 0 fully saturated rings. The molecule has 0 atom stereocenters. The quantitative estimate of drug-likeness (QED) is 0.401. The maximum Gasteiger partial charge on any atom is 0.315 e. The minimum Gasteiger partial charge on any atom is -0.338 e. The van der Waals surface area contributed by atoms with E-state index in [2.05, 4.69) is 58.8 Å². The highest BCUT2D eigenvalue weighted by atomic mass is 16.2. The zero-order valence-electron chi connectivity index (χ0n) is 13.5. The highest BCUT2D eigenvalue weighted by Gasteiger charge is 1.95. The van der Waals surface area contributed by atoms with Crippen LogP contribution in [0, 0.1) is 23.7 Å². The van der Waals surface area contributed by atoms with E-state index in [0.29, 0.717) is 13.1 Å². The molecule has 0 aliphatic carbocycles. The van der Waals surface area contributed by atoms with E-state index >= 15 is 0 Å². The third-order valence-electron chi connectivity index (χ3n) is 2.55. The van der Waals surface area contributed by atoms with E-state index in [9.17, 15) is 9.59 Å². The van der Waals surface area contributed by atoms with Crippen LogP contribution in [0.3, 0.4) is 0 Å². The maximum absolute atomic E-state index is 11.3. The predicted octanol–water partition coefficient (Wildman–Crippen LogP) is 1.19. The van der Waals surface area contributed by atoms with Gasteiger partial charge in [0, 0.05) is 13.1 Å². The average molecular weight is 306 g/mol. The van der Waals surface area contributed by atoms with Crippen LogP contribution < -0.4 is 21.3 Å². The second-order valence-electron chi connectivity index (χ2n) is 4.53. The van der Waals surface area contributed by atoms with Gasteiger partial charge in [-0.25, -0.2) is 9.59 Å². The number of carbonyl (C=O) groups excluding carboxylic acids is 2. The molecule has 122 valence electrons. The Morgan fingerprint density at radius 3 is 1.50 bits per heavy atom. The van der Waals surface area contributed by atoms with E-state index in [1.165, 1.54) is 0 Å². The summed E-state index contributed by atoms with van der Waals surface area (Å²) in [4.78, 5) is 22.5. The van der Waals surface area contributed by atoms with Gasteiger partial charge in [-0.05, 0) is 24.7 Å². The number of unbranched alkanes of at least 4 members (excludes halogenated alkanes) is 2. The van der Waals surface area contributed by atoms with E-state index in [1.54, 1.807) is 0 Å². The van der Waals surface area contributed by atoms with Crippen LogP contribution in [0.25, 0.3) is 0 Å². The van der Waals surface area contributed by atoms with Crippen LogP contribution in [0.4, 0.5) is 9.59 Å². The number of rotatable bonds is 8. The fourth-order valence-electron chi connectivity index (χ4n) is 1.31. The summed E-state index contributed by atoms with van der Waals surface area (Å²) in [6, 6.07) is -0.442. The van der Waals surface area contributed by atoms with Gasteiger partial charge in [0.05, 0.1) is 13.1 Å². The lowest BCUT2D eigenvalue weighted by Gasteiger charge is -2.03. The molecule has 0 heterocycles. The topological polar surface area (TPSA) is 82.3 Å². The van der Waals surface area contributed by atoms with Gasteiger partial charge in [0.1, 0.15) is 0 Å². The molecule has 4 N–H and O–H groups in total. The van der Waals surface area contributed by atoms with Crippen LogP contribution in [0.5, 0.6) is 0 Å². The molecule has 0 aromatic carbocycles. The van der Waals surface area contributed by atoms with Crippen LogP contribution in [0.15, 0.2) is 0 Å². The first-order valence-corrected chi connectivity index (χ1v) is 7.69. The molecule has 0 aliphatic heterocycles. The Bertz CT molecular complexity index is 399. The van der Waals surface area contributed by atoms with Crippen LogP contribution >= 0.6 is 0 Å². The van der Waals surface area contributed by atoms with Gasteiger partial charge in [-0.1, -0.05) is 38.5 Å². The zero-order chi connectivity index (χ0) is 16.5. The van der Waals surface area contributed by atoms with Gasteiger partial charge in [-0.3, -0.25) is 0 Å². The van der Waals surface area contributed by atoms with Crippen molar-refractivity contribution >= 4 is 12.1 Å². The van der Waals surface area contributed by atoms with E-state index in [1.807, 2.05) is 0 Å². The van der Waals surface area contributed by atoms with Crippen molar-refractivity contribution in [1.29, 1.82) is 0 Å². The zero-order valence-corrected chi connectivity index (χ0v) is 13.5. The first-order chi connectivity index (χ1) is 10.7. The van der Waals surface area contributed by atoms with E-state index in [4.69, 9.17) is 0 Å². The molecule has 0 saturated heterocycles. The van der Waals surface area contributed by atoms with Crippen molar-refractivity contribution in [3.8, 4) is 23.7 Å². The number of amides is 4. The summed E-state index contributed by atoms with van der Waals surface area (Å²) in [6.45, 7) is 5.96. The summed E-state index contributed by atoms with van der Waals surface area (Å²) < 4.78 is 0. The molecule has 0 radical (unpaired) electrons. The largest absolute Gasteiger partial charge is 0.338 e. The molecule has 0 aliphatic rings. The van der Waals surface area contributed by atoms with Gasteiger partial charge < -0.3 is 21.3 Å². The first kappa shape index (κ1) is 19.7. The van der Waals surface area contributed by atoms with Crippen LogP contribution in [-0.4, -0.2) is 38.2 Å². The Labute approximate surface area is 133 Å². The summed E-state index contributed by atoms with van der Waals surface area (Å²) in [5, 5.41) is 10.7.